The van der Waals surface area contributed by atoms with E-state index in [1.165, 1.54) is 7.05 Å². The van der Waals surface area contributed by atoms with Crippen LogP contribution in [0.1, 0.15) is 6.42 Å². The van der Waals surface area contributed by atoms with Gasteiger partial charge in [-0.05, 0) is 6.07 Å². The highest BCUT2D eigenvalue weighted by Gasteiger charge is 2.20. The van der Waals surface area contributed by atoms with Crippen molar-refractivity contribution in [1.82, 2.24) is 4.31 Å². The summed E-state index contributed by atoms with van der Waals surface area (Å²) in [6.45, 7) is -0.227. The van der Waals surface area contributed by atoms with Gasteiger partial charge in [-0.3, -0.25) is 19.6 Å². The Morgan fingerprint density at radius 2 is 2.14 bits per heavy atom. The molecule has 0 saturated heterocycles. The molecule has 0 aliphatic carbocycles. The number of rotatable bonds is 7. The van der Waals surface area contributed by atoms with E-state index in [-0.39, 0.29) is 29.4 Å². The van der Waals surface area contributed by atoms with Crippen molar-refractivity contribution in [2.24, 2.45) is 0 Å². The minimum Gasteiger partial charge on any atom is -0.481 e. The summed E-state index contributed by atoms with van der Waals surface area (Å²) in [5, 5.41) is 18.9. The maximum Gasteiger partial charge on any atom is 0.304 e. The maximum absolute atomic E-state index is 11.9. The number of nitro benzene ring substituents is 1. The second-order valence-electron chi connectivity index (χ2n) is 3.99. The lowest BCUT2D eigenvalue weighted by Gasteiger charge is -2.17. The number of nitro groups is 1. The van der Waals surface area contributed by atoms with Crippen molar-refractivity contribution in [2.75, 3.05) is 18.3 Å². The Morgan fingerprint density at radius 1 is 1.52 bits per heavy atom. The highest BCUT2D eigenvalue weighted by Crippen LogP contribution is 2.27. The first-order valence-electron chi connectivity index (χ1n) is 5.53. The lowest BCUT2D eigenvalue weighted by atomic mass is 10.3. The maximum atomic E-state index is 11.9. The van der Waals surface area contributed by atoms with Gasteiger partial charge in [0.15, 0.2) is 0 Å². The Hall–Kier alpha value is -1.91. The van der Waals surface area contributed by atoms with Crippen molar-refractivity contribution in [3.8, 4) is 0 Å². The van der Waals surface area contributed by atoms with Gasteiger partial charge in [0.25, 0.3) is 5.69 Å². The number of aliphatic carboxylic acids is 1. The van der Waals surface area contributed by atoms with Crippen LogP contribution in [-0.4, -0.2) is 42.3 Å². The average Bonchev–Trinajstić information content (AvgIpc) is 2.37. The van der Waals surface area contributed by atoms with Crippen LogP contribution in [0.2, 0.25) is 5.02 Å². The first-order chi connectivity index (χ1) is 9.63. The molecule has 0 amide bonds. The highest BCUT2D eigenvalue weighted by atomic mass is 35.5. The Morgan fingerprint density at radius 3 is 2.62 bits per heavy atom. The van der Waals surface area contributed by atoms with Crippen molar-refractivity contribution in [2.45, 2.75) is 6.42 Å². The van der Waals surface area contributed by atoms with Crippen molar-refractivity contribution in [1.29, 1.82) is 0 Å². The van der Waals surface area contributed by atoms with Crippen LogP contribution in [0.5, 0.6) is 0 Å². The van der Waals surface area contributed by atoms with Gasteiger partial charge in [-0.2, -0.15) is 12.7 Å². The molecule has 9 nitrogen and oxygen atoms in total. The third-order valence-corrected chi connectivity index (χ3v) is 4.25. The Labute approximate surface area is 125 Å². The fourth-order valence-electron chi connectivity index (χ4n) is 1.29. The van der Waals surface area contributed by atoms with Gasteiger partial charge in [0.1, 0.15) is 0 Å². The largest absolute Gasteiger partial charge is 0.481 e. The molecule has 21 heavy (non-hydrogen) atoms. The predicted molar refractivity (Wildman–Crippen MR) is 75.5 cm³/mol. The van der Waals surface area contributed by atoms with Gasteiger partial charge < -0.3 is 5.11 Å². The summed E-state index contributed by atoms with van der Waals surface area (Å²) < 4.78 is 26.8. The number of nitrogens with zero attached hydrogens (tertiary/aromatic N) is 2. The molecule has 2 N–H and O–H groups in total. The second kappa shape index (κ2) is 6.70. The number of anilines is 1. The number of carboxylic acids is 1. The lowest BCUT2D eigenvalue weighted by Crippen LogP contribution is -2.34. The van der Waals surface area contributed by atoms with Crippen LogP contribution in [0.15, 0.2) is 18.2 Å². The summed E-state index contributed by atoms with van der Waals surface area (Å²) in [7, 11) is -2.80. The Balaban J connectivity index is 2.89. The fourth-order valence-corrected chi connectivity index (χ4v) is 2.51. The molecular formula is C10H12ClN3O6S. The summed E-state index contributed by atoms with van der Waals surface area (Å²) in [4.78, 5) is 20.3. The quantitative estimate of drug-likeness (QED) is 0.570. The van der Waals surface area contributed by atoms with E-state index < -0.39 is 21.1 Å². The summed E-state index contributed by atoms with van der Waals surface area (Å²) >= 11 is 5.77. The van der Waals surface area contributed by atoms with Crippen LogP contribution < -0.4 is 4.72 Å². The summed E-state index contributed by atoms with van der Waals surface area (Å²) in [6, 6.07) is 3.26. The molecule has 0 unspecified atom stereocenters. The van der Waals surface area contributed by atoms with E-state index in [4.69, 9.17) is 16.7 Å². The topological polar surface area (TPSA) is 130 Å². The fraction of sp³-hybridized carbons (Fsp3) is 0.300. The lowest BCUT2D eigenvalue weighted by molar-refractivity contribution is -0.384. The third kappa shape index (κ3) is 4.85. The van der Waals surface area contributed by atoms with Gasteiger partial charge in [0.2, 0.25) is 0 Å². The molecule has 11 heteroatoms. The molecule has 0 saturated carbocycles. The molecule has 0 atom stereocenters. The number of benzene rings is 1. The first-order valence-corrected chi connectivity index (χ1v) is 7.35. The zero-order chi connectivity index (χ0) is 16.2. The molecule has 1 rings (SSSR count). The molecule has 0 aromatic heterocycles. The summed E-state index contributed by atoms with van der Waals surface area (Å²) in [5.74, 6) is -1.13. The van der Waals surface area contributed by atoms with E-state index in [1.54, 1.807) is 0 Å². The minimum atomic E-state index is -4.00. The van der Waals surface area contributed by atoms with Gasteiger partial charge in [-0.25, -0.2) is 0 Å². The zero-order valence-corrected chi connectivity index (χ0v) is 12.4. The van der Waals surface area contributed by atoms with E-state index in [0.717, 1.165) is 22.5 Å². The number of carbonyl (C=O) groups is 1. The minimum absolute atomic E-state index is 0.0376. The molecule has 0 spiro atoms. The van der Waals surface area contributed by atoms with Crippen molar-refractivity contribution >= 4 is 39.2 Å². The normalized spacial score (nSPS) is 11.4. The third-order valence-electron chi connectivity index (χ3n) is 2.45. The standard InChI is InChI=1S/C10H12ClN3O6S/c1-13(5-4-10(15)16)21(19,20)12-9-3-2-7(14(17)18)6-8(9)11/h2-3,6,12H,4-5H2,1H3,(H,15,16). The number of nitrogens with one attached hydrogen (secondary N) is 1. The van der Waals surface area contributed by atoms with Crippen LogP contribution in [0.4, 0.5) is 11.4 Å². The first kappa shape index (κ1) is 17.1. The number of hydrogen-bond donors (Lipinski definition) is 2. The molecule has 0 bridgehead atoms. The molecule has 0 fully saturated rings. The van der Waals surface area contributed by atoms with E-state index >= 15 is 0 Å². The van der Waals surface area contributed by atoms with E-state index in [2.05, 4.69) is 4.72 Å². The molecule has 116 valence electrons. The van der Waals surface area contributed by atoms with Gasteiger partial charge in [0, 0.05) is 25.7 Å². The number of non-ortho nitro benzene ring substituents is 1. The van der Waals surface area contributed by atoms with Crippen molar-refractivity contribution < 1.29 is 23.2 Å². The molecule has 0 aliphatic heterocycles. The molecule has 1 aromatic rings. The predicted octanol–water partition coefficient (Wildman–Crippen LogP) is 1.31. The second-order valence-corrected chi connectivity index (χ2v) is 6.18. The monoisotopic (exact) mass is 337 g/mol. The van der Waals surface area contributed by atoms with E-state index in [1.807, 2.05) is 0 Å². The van der Waals surface area contributed by atoms with E-state index in [9.17, 15) is 23.3 Å². The van der Waals surface area contributed by atoms with Crippen LogP contribution in [-0.2, 0) is 15.0 Å². The van der Waals surface area contributed by atoms with Crippen molar-refractivity contribution in [3.63, 3.8) is 0 Å². The molecular weight excluding hydrogens is 326 g/mol. The molecule has 0 aliphatic rings. The van der Waals surface area contributed by atoms with Crippen molar-refractivity contribution in [3.05, 3.63) is 33.3 Å². The smallest absolute Gasteiger partial charge is 0.304 e. The zero-order valence-electron chi connectivity index (χ0n) is 10.8. The van der Waals surface area contributed by atoms with E-state index in [0.29, 0.717) is 0 Å². The summed E-state index contributed by atoms with van der Waals surface area (Å²) in [5.41, 5.74) is -0.313. The summed E-state index contributed by atoms with van der Waals surface area (Å²) in [6.07, 6.45) is -0.356. The van der Waals surface area contributed by atoms with Crippen LogP contribution in [0, 0.1) is 10.1 Å². The number of hydrogen-bond acceptors (Lipinski definition) is 5. The number of halogens is 1. The number of carboxylic acid groups (broad SMARTS) is 1. The van der Waals surface area contributed by atoms with Gasteiger partial charge in [-0.1, -0.05) is 11.6 Å². The Bertz CT molecular complexity index is 663. The average molecular weight is 338 g/mol. The highest BCUT2D eigenvalue weighted by molar-refractivity contribution is 7.90. The molecule has 0 radical (unpaired) electrons. The molecule has 1 aromatic carbocycles. The van der Waals surface area contributed by atoms with Gasteiger partial charge >= 0.3 is 16.2 Å². The van der Waals surface area contributed by atoms with Gasteiger partial charge in [0.05, 0.1) is 22.1 Å². The Kier molecular flexibility index (Phi) is 5.47. The SMILES string of the molecule is CN(CCC(=O)O)S(=O)(=O)Nc1ccc([N+](=O)[O-])cc1Cl. The van der Waals surface area contributed by atoms with Crippen LogP contribution in [0.3, 0.4) is 0 Å². The van der Waals surface area contributed by atoms with Gasteiger partial charge in [-0.15, -0.1) is 0 Å². The van der Waals surface area contributed by atoms with Crippen LogP contribution in [0.25, 0.3) is 0 Å². The van der Waals surface area contributed by atoms with Crippen LogP contribution >= 0.6 is 11.6 Å². The molecule has 0 heterocycles.